The van der Waals surface area contributed by atoms with E-state index in [0.29, 0.717) is 10.2 Å². The first-order chi connectivity index (χ1) is 19.6. The molecule has 41 heavy (non-hydrogen) atoms. The molecule has 0 saturated heterocycles. The number of rotatable bonds is 13. The third-order valence-electron chi connectivity index (χ3n) is 6.31. The minimum Gasteiger partial charge on any atom is -0.478 e. The minimum atomic E-state index is -3.95. The number of carboxylic acids is 1. The van der Waals surface area contributed by atoms with Gasteiger partial charge in [0, 0.05) is 27.1 Å². The molecule has 0 radical (unpaired) electrons. The maximum Gasteiger partial charge on any atom is 0.345 e. The van der Waals surface area contributed by atoms with Gasteiger partial charge in [-0.1, -0.05) is 55.8 Å². The lowest BCUT2D eigenvalue weighted by atomic mass is 10.1. The van der Waals surface area contributed by atoms with Crippen LogP contribution < -0.4 is 14.8 Å². The first kappa shape index (κ1) is 30.6. The Labute approximate surface area is 257 Å². The number of benzene rings is 4. The number of nitrogens with one attached hydrogen (secondary N) is 2. The molecule has 7 nitrogen and oxygen atoms in total. The summed E-state index contributed by atoms with van der Waals surface area (Å²) in [5.74, 6) is -0.818. The van der Waals surface area contributed by atoms with Gasteiger partial charge in [-0.15, -0.1) is 0 Å². The van der Waals surface area contributed by atoms with Crippen LogP contribution in [0, 0.1) is 0 Å². The Kier molecular flexibility index (Phi) is 10.5. The summed E-state index contributed by atoms with van der Waals surface area (Å²) in [6, 6.07) is 26.5. The van der Waals surface area contributed by atoms with Gasteiger partial charge in [-0.2, -0.15) is 0 Å². The van der Waals surface area contributed by atoms with E-state index in [1.807, 2.05) is 54.6 Å². The Hall–Kier alpha value is -3.34. The zero-order chi connectivity index (χ0) is 29.4. The number of halogens is 2. The standard InChI is InChI=1S/C31H30Br2N2O5S/c1-2-3-7-21-10-12-23(13-11-21)34-29-19-24(40-30(31(36)37)18-22-8-5-4-6-9-22)14-17-28(29)35-41(38,39)25-15-16-26(32)27(33)20-25/h4-6,8-17,19-20,30,34-35H,2-3,7,18H2,1H3,(H,36,37). The second-order valence-corrected chi connectivity index (χ2v) is 12.8. The fourth-order valence-corrected chi connectivity index (χ4v) is 5.98. The van der Waals surface area contributed by atoms with Gasteiger partial charge in [-0.25, -0.2) is 13.2 Å². The summed E-state index contributed by atoms with van der Waals surface area (Å²) >= 11 is 6.72. The topological polar surface area (TPSA) is 105 Å². The van der Waals surface area contributed by atoms with Gasteiger partial charge in [0.2, 0.25) is 0 Å². The van der Waals surface area contributed by atoms with Crippen molar-refractivity contribution in [3.63, 3.8) is 0 Å². The molecule has 0 aromatic heterocycles. The van der Waals surface area contributed by atoms with Crippen LogP contribution in [0.2, 0.25) is 0 Å². The maximum atomic E-state index is 13.3. The zero-order valence-corrected chi connectivity index (χ0v) is 26.3. The third kappa shape index (κ3) is 8.58. The Morgan fingerprint density at radius 3 is 2.27 bits per heavy atom. The summed E-state index contributed by atoms with van der Waals surface area (Å²) < 4.78 is 36.4. The molecule has 3 N–H and O–H groups in total. The van der Waals surface area contributed by atoms with E-state index in [-0.39, 0.29) is 22.8 Å². The Bertz CT molecular complexity index is 1600. The van der Waals surface area contributed by atoms with Gasteiger partial charge in [-0.05, 0) is 98.3 Å². The summed E-state index contributed by atoms with van der Waals surface area (Å²) in [7, 11) is -3.95. The minimum absolute atomic E-state index is 0.0768. The Morgan fingerprint density at radius 1 is 0.878 bits per heavy atom. The predicted molar refractivity (Wildman–Crippen MR) is 170 cm³/mol. The van der Waals surface area contributed by atoms with E-state index in [1.165, 1.54) is 17.7 Å². The highest BCUT2D eigenvalue weighted by molar-refractivity contribution is 9.13. The fraction of sp³-hybridized carbons (Fsp3) is 0.194. The van der Waals surface area contributed by atoms with E-state index < -0.39 is 22.1 Å². The number of carbonyl (C=O) groups is 1. The molecule has 0 bridgehead atoms. The summed E-state index contributed by atoms with van der Waals surface area (Å²) in [5.41, 5.74) is 3.47. The van der Waals surface area contributed by atoms with Crippen LogP contribution in [0.25, 0.3) is 0 Å². The number of sulfonamides is 1. The lowest BCUT2D eigenvalue weighted by Crippen LogP contribution is -2.29. The average molecular weight is 702 g/mol. The molecular formula is C31H30Br2N2O5S. The molecule has 0 aliphatic heterocycles. The molecule has 0 spiro atoms. The molecular weight excluding hydrogens is 672 g/mol. The van der Waals surface area contributed by atoms with Gasteiger partial charge < -0.3 is 15.2 Å². The highest BCUT2D eigenvalue weighted by atomic mass is 79.9. The van der Waals surface area contributed by atoms with E-state index >= 15 is 0 Å². The van der Waals surface area contributed by atoms with Crippen LogP contribution >= 0.6 is 31.9 Å². The van der Waals surface area contributed by atoms with Crippen LogP contribution in [0.5, 0.6) is 5.75 Å². The van der Waals surface area contributed by atoms with Crippen LogP contribution in [0.3, 0.4) is 0 Å². The molecule has 0 aliphatic rings. The first-order valence-electron chi connectivity index (χ1n) is 13.1. The van der Waals surface area contributed by atoms with Crippen molar-refractivity contribution in [3.05, 3.63) is 111 Å². The number of carboxylic acid groups (broad SMARTS) is 1. The van der Waals surface area contributed by atoms with Gasteiger partial charge in [0.25, 0.3) is 10.0 Å². The normalized spacial score (nSPS) is 12.0. The van der Waals surface area contributed by atoms with Crippen LogP contribution in [0.4, 0.5) is 17.1 Å². The molecule has 0 fully saturated rings. The fourth-order valence-electron chi connectivity index (χ4n) is 4.10. The van der Waals surface area contributed by atoms with Gasteiger partial charge in [0.1, 0.15) is 5.75 Å². The van der Waals surface area contributed by atoms with Crippen LogP contribution in [0.1, 0.15) is 30.9 Å². The smallest absolute Gasteiger partial charge is 0.345 e. The van der Waals surface area contributed by atoms with Gasteiger partial charge in [0.15, 0.2) is 6.10 Å². The van der Waals surface area contributed by atoms with Gasteiger partial charge in [-0.3, -0.25) is 4.72 Å². The highest BCUT2D eigenvalue weighted by Gasteiger charge is 2.22. The second-order valence-electron chi connectivity index (χ2n) is 9.45. The molecule has 214 valence electrons. The summed E-state index contributed by atoms with van der Waals surface area (Å²) in [5, 5.41) is 13.1. The quantitative estimate of drug-likeness (QED) is 0.130. The number of hydrogen-bond donors (Lipinski definition) is 3. The summed E-state index contributed by atoms with van der Waals surface area (Å²) in [4.78, 5) is 12.1. The van der Waals surface area contributed by atoms with Gasteiger partial charge >= 0.3 is 5.97 Å². The lowest BCUT2D eigenvalue weighted by molar-refractivity contribution is -0.145. The molecule has 4 rings (SSSR count). The largest absolute Gasteiger partial charge is 0.478 e. The molecule has 0 aliphatic carbocycles. The van der Waals surface area contributed by atoms with E-state index in [1.54, 1.807) is 24.3 Å². The molecule has 0 heterocycles. The van der Waals surface area contributed by atoms with Crippen molar-refractivity contribution in [2.24, 2.45) is 0 Å². The number of unbranched alkanes of at least 4 members (excludes halogenated alkanes) is 1. The SMILES string of the molecule is CCCCc1ccc(Nc2cc(OC(Cc3ccccc3)C(=O)O)ccc2NS(=O)(=O)c2ccc(Br)c(Br)c2)cc1. The van der Waals surface area contributed by atoms with Gasteiger partial charge in [0.05, 0.1) is 16.3 Å². The van der Waals surface area contributed by atoms with Crippen molar-refractivity contribution >= 4 is 64.9 Å². The first-order valence-corrected chi connectivity index (χ1v) is 16.1. The third-order valence-corrected chi connectivity index (χ3v) is 9.55. The van der Waals surface area contributed by atoms with Crippen LogP contribution in [-0.2, 0) is 27.7 Å². The van der Waals surface area contributed by atoms with Crippen molar-refractivity contribution < 1.29 is 23.1 Å². The molecule has 4 aromatic carbocycles. The van der Waals surface area contributed by atoms with Crippen molar-refractivity contribution in [2.45, 2.75) is 43.6 Å². The Balaban J connectivity index is 1.65. The lowest BCUT2D eigenvalue weighted by Gasteiger charge is -2.19. The Morgan fingerprint density at radius 2 is 1.61 bits per heavy atom. The predicted octanol–water partition coefficient (Wildman–Crippen LogP) is 8.17. The summed E-state index contributed by atoms with van der Waals surface area (Å²) in [6.07, 6.45) is 2.22. The highest BCUT2D eigenvalue weighted by Crippen LogP contribution is 2.33. The van der Waals surface area contributed by atoms with Crippen LogP contribution in [0.15, 0.2) is 105 Å². The number of aliphatic carboxylic acids is 1. The average Bonchev–Trinajstić information content (AvgIpc) is 2.95. The monoisotopic (exact) mass is 700 g/mol. The number of anilines is 3. The summed E-state index contributed by atoms with van der Waals surface area (Å²) in [6.45, 7) is 2.15. The van der Waals surface area contributed by atoms with E-state index in [2.05, 4.69) is 48.8 Å². The molecule has 1 unspecified atom stereocenters. The molecule has 10 heteroatoms. The van der Waals surface area contributed by atoms with E-state index in [0.717, 1.165) is 35.0 Å². The molecule has 4 aromatic rings. The molecule has 0 saturated carbocycles. The van der Waals surface area contributed by atoms with Crippen LogP contribution in [-0.4, -0.2) is 25.6 Å². The van der Waals surface area contributed by atoms with Crippen molar-refractivity contribution in [2.75, 3.05) is 10.0 Å². The number of hydrogen-bond acceptors (Lipinski definition) is 5. The molecule has 0 amide bonds. The van der Waals surface area contributed by atoms with Crippen molar-refractivity contribution in [1.82, 2.24) is 0 Å². The zero-order valence-electron chi connectivity index (χ0n) is 22.3. The maximum absolute atomic E-state index is 13.3. The second kappa shape index (κ2) is 14.0. The molecule has 1 atom stereocenters. The number of ether oxygens (including phenoxy) is 1. The number of aryl methyl sites for hydroxylation is 1. The van der Waals surface area contributed by atoms with Crippen molar-refractivity contribution in [3.8, 4) is 5.75 Å². The van der Waals surface area contributed by atoms with Crippen molar-refractivity contribution in [1.29, 1.82) is 0 Å². The van der Waals surface area contributed by atoms with E-state index in [4.69, 9.17) is 4.74 Å². The van der Waals surface area contributed by atoms with E-state index in [9.17, 15) is 18.3 Å².